The second kappa shape index (κ2) is 5.67. The van der Waals surface area contributed by atoms with E-state index in [1.165, 1.54) is 5.56 Å². The predicted octanol–water partition coefficient (Wildman–Crippen LogP) is 3.96. The van der Waals surface area contributed by atoms with Gasteiger partial charge < -0.3 is 10.4 Å². The molecule has 0 bridgehead atoms. The summed E-state index contributed by atoms with van der Waals surface area (Å²) in [5.41, 5.74) is 2.26. The molecule has 0 fully saturated rings. The monoisotopic (exact) mass is 311 g/mol. The van der Waals surface area contributed by atoms with Gasteiger partial charge in [-0.25, -0.2) is 0 Å². The highest BCUT2D eigenvalue weighted by atomic mass is 79.9. The highest BCUT2D eigenvalue weighted by molar-refractivity contribution is 9.11. The van der Waals surface area contributed by atoms with Crippen LogP contribution < -0.4 is 5.32 Å². The van der Waals surface area contributed by atoms with Crippen molar-refractivity contribution in [2.24, 2.45) is 0 Å². The summed E-state index contributed by atoms with van der Waals surface area (Å²) in [5.74, 6) is 0. The number of hydrogen-bond acceptors (Lipinski definition) is 3. The summed E-state index contributed by atoms with van der Waals surface area (Å²) in [6.45, 7) is 2.14. The maximum atomic E-state index is 9.43. The van der Waals surface area contributed by atoms with Gasteiger partial charge >= 0.3 is 0 Å². The third-order valence-corrected chi connectivity index (χ3v) is 4.25. The highest BCUT2D eigenvalue weighted by Crippen LogP contribution is 2.29. The fraction of sp³-hybridized carbons (Fsp3) is 0.231. The third-order valence-electron chi connectivity index (χ3n) is 2.51. The molecule has 4 heteroatoms. The van der Waals surface area contributed by atoms with Gasteiger partial charge in [0.1, 0.15) is 0 Å². The minimum absolute atomic E-state index is 0.0472. The predicted molar refractivity (Wildman–Crippen MR) is 76.6 cm³/mol. The Bertz CT molecular complexity index is 480. The van der Waals surface area contributed by atoms with E-state index >= 15 is 0 Å². The average Bonchev–Trinajstić information content (AvgIpc) is 2.75. The maximum Gasteiger partial charge on any atom is 0.0838 e. The number of thiophene rings is 1. The zero-order valence-electron chi connectivity index (χ0n) is 9.48. The minimum atomic E-state index is -0.0472. The lowest BCUT2D eigenvalue weighted by molar-refractivity contribution is 0.278. The van der Waals surface area contributed by atoms with Crippen molar-refractivity contribution in [3.8, 4) is 0 Å². The van der Waals surface area contributed by atoms with Crippen LogP contribution in [0.3, 0.4) is 0 Å². The van der Waals surface area contributed by atoms with Gasteiger partial charge in [-0.05, 0) is 47.1 Å². The smallest absolute Gasteiger partial charge is 0.0838 e. The Kier molecular flexibility index (Phi) is 4.20. The molecule has 0 aliphatic heterocycles. The molecule has 0 saturated heterocycles. The van der Waals surface area contributed by atoms with E-state index in [0.29, 0.717) is 0 Å². The van der Waals surface area contributed by atoms with Gasteiger partial charge in [0.15, 0.2) is 0 Å². The van der Waals surface area contributed by atoms with Crippen LogP contribution in [-0.2, 0) is 0 Å². The summed E-state index contributed by atoms with van der Waals surface area (Å²) in [6, 6.07) is 12.1. The Hall–Kier alpha value is -0.840. The first-order valence-electron chi connectivity index (χ1n) is 5.38. The first-order valence-corrected chi connectivity index (χ1v) is 6.99. The van der Waals surface area contributed by atoms with Crippen molar-refractivity contribution < 1.29 is 5.11 Å². The van der Waals surface area contributed by atoms with Gasteiger partial charge in [-0.3, -0.25) is 0 Å². The summed E-state index contributed by atoms with van der Waals surface area (Å²) in [6.07, 6.45) is 0. The molecule has 1 heterocycles. The van der Waals surface area contributed by atoms with Crippen LogP contribution in [0.5, 0.6) is 0 Å². The molecular formula is C13H14BrNOS. The van der Waals surface area contributed by atoms with Crippen molar-refractivity contribution in [1.29, 1.82) is 0 Å². The van der Waals surface area contributed by atoms with Crippen molar-refractivity contribution in [1.82, 2.24) is 0 Å². The van der Waals surface area contributed by atoms with Gasteiger partial charge in [-0.15, -0.1) is 11.3 Å². The van der Waals surface area contributed by atoms with Gasteiger partial charge in [0.25, 0.3) is 0 Å². The number of halogens is 1. The molecule has 17 heavy (non-hydrogen) atoms. The number of rotatable bonds is 4. The standard InChI is InChI=1S/C13H14BrNOS/c1-9-2-4-10(5-3-9)15-11(8-16)12-6-7-13(14)17-12/h2-7,11,15-16H,8H2,1H3. The molecule has 0 spiro atoms. The van der Waals surface area contributed by atoms with Crippen LogP contribution in [-0.4, -0.2) is 11.7 Å². The topological polar surface area (TPSA) is 32.3 Å². The van der Waals surface area contributed by atoms with Crippen LogP contribution >= 0.6 is 27.3 Å². The van der Waals surface area contributed by atoms with Crippen molar-refractivity contribution in [3.63, 3.8) is 0 Å². The van der Waals surface area contributed by atoms with E-state index in [0.717, 1.165) is 14.4 Å². The first kappa shape index (κ1) is 12.6. The van der Waals surface area contributed by atoms with Crippen molar-refractivity contribution >= 4 is 33.0 Å². The summed E-state index contributed by atoms with van der Waals surface area (Å²) < 4.78 is 1.08. The highest BCUT2D eigenvalue weighted by Gasteiger charge is 2.12. The molecule has 0 aliphatic carbocycles. The molecule has 1 aromatic heterocycles. The van der Waals surface area contributed by atoms with Crippen molar-refractivity contribution in [3.05, 3.63) is 50.6 Å². The molecule has 1 unspecified atom stereocenters. The zero-order valence-corrected chi connectivity index (χ0v) is 11.9. The molecule has 2 N–H and O–H groups in total. The summed E-state index contributed by atoms with van der Waals surface area (Å²) in [5, 5.41) is 12.8. The minimum Gasteiger partial charge on any atom is -0.394 e. The number of aliphatic hydroxyl groups is 1. The van der Waals surface area contributed by atoms with Crippen LogP contribution in [0, 0.1) is 6.92 Å². The van der Waals surface area contributed by atoms with Crippen LogP contribution in [0.4, 0.5) is 5.69 Å². The van der Waals surface area contributed by atoms with E-state index in [9.17, 15) is 5.11 Å². The lowest BCUT2D eigenvalue weighted by Gasteiger charge is -2.16. The lowest BCUT2D eigenvalue weighted by Crippen LogP contribution is -2.13. The Morgan fingerprint density at radius 3 is 2.47 bits per heavy atom. The molecule has 90 valence electrons. The molecule has 1 aromatic carbocycles. The van der Waals surface area contributed by atoms with Gasteiger partial charge in [0.2, 0.25) is 0 Å². The van der Waals surface area contributed by atoms with E-state index < -0.39 is 0 Å². The second-order valence-electron chi connectivity index (χ2n) is 3.89. The van der Waals surface area contributed by atoms with Crippen LogP contribution in [0.1, 0.15) is 16.5 Å². The van der Waals surface area contributed by atoms with Gasteiger partial charge in [0.05, 0.1) is 16.4 Å². The first-order chi connectivity index (χ1) is 8.19. The van der Waals surface area contributed by atoms with E-state index in [2.05, 4.69) is 40.3 Å². The lowest BCUT2D eigenvalue weighted by atomic mass is 10.2. The third kappa shape index (κ3) is 3.31. The van der Waals surface area contributed by atoms with Gasteiger partial charge in [0, 0.05) is 10.6 Å². The van der Waals surface area contributed by atoms with Crippen LogP contribution in [0.15, 0.2) is 40.2 Å². The molecule has 2 rings (SSSR count). The zero-order chi connectivity index (χ0) is 12.3. The van der Waals surface area contributed by atoms with Crippen LogP contribution in [0.2, 0.25) is 0 Å². The molecular weight excluding hydrogens is 298 g/mol. The van der Waals surface area contributed by atoms with Crippen LogP contribution in [0.25, 0.3) is 0 Å². The summed E-state index contributed by atoms with van der Waals surface area (Å²) in [7, 11) is 0. The molecule has 2 nitrogen and oxygen atoms in total. The normalized spacial score (nSPS) is 12.4. The van der Waals surface area contributed by atoms with Crippen molar-refractivity contribution in [2.45, 2.75) is 13.0 Å². The Morgan fingerprint density at radius 2 is 1.94 bits per heavy atom. The number of aryl methyl sites for hydroxylation is 1. The SMILES string of the molecule is Cc1ccc(NC(CO)c2ccc(Br)s2)cc1. The van der Waals surface area contributed by atoms with E-state index in [1.807, 2.05) is 24.3 Å². The largest absolute Gasteiger partial charge is 0.394 e. The fourth-order valence-electron chi connectivity index (χ4n) is 1.57. The molecule has 0 amide bonds. The fourth-order valence-corrected chi connectivity index (χ4v) is 3.04. The molecule has 0 radical (unpaired) electrons. The number of benzene rings is 1. The van der Waals surface area contributed by atoms with Crippen molar-refractivity contribution in [2.75, 3.05) is 11.9 Å². The quantitative estimate of drug-likeness (QED) is 0.895. The second-order valence-corrected chi connectivity index (χ2v) is 6.38. The summed E-state index contributed by atoms with van der Waals surface area (Å²) >= 11 is 5.07. The Labute approximate surface area is 113 Å². The van der Waals surface area contributed by atoms with Gasteiger partial charge in [-0.1, -0.05) is 17.7 Å². The summed E-state index contributed by atoms with van der Waals surface area (Å²) in [4.78, 5) is 1.12. The molecule has 0 aliphatic rings. The maximum absolute atomic E-state index is 9.43. The number of nitrogens with one attached hydrogen (secondary N) is 1. The average molecular weight is 312 g/mol. The van der Waals surface area contributed by atoms with E-state index in [1.54, 1.807) is 11.3 Å². The van der Waals surface area contributed by atoms with E-state index in [-0.39, 0.29) is 12.6 Å². The molecule has 1 atom stereocenters. The number of anilines is 1. The Morgan fingerprint density at radius 1 is 1.24 bits per heavy atom. The molecule has 0 saturated carbocycles. The van der Waals surface area contributed by atoms with Gasteiger partial charge in [-0.2, -0.15) is 0 Å². The van der Waals surface area contributed by atoms with E-state index in [4.69, 9.17) is 0 Å². The Balaban J connectivity index is 2.12. The number of hydrogen-bond donors (Lipinski definition) is 2. The molecule has 2 aromatic rings. The number of aliphatic hydroxyl groups excluding tert-OH is 1.